The van der Waals surface area contributed by atoms with Crippen LogP contribution in [0.4, 0.5) is 0 Å². The van der Waals surface area contributed by atoms with Gasteiger partial charge in [0.25, 0.3) is 5.56 Å². The number of halogens is 1. The molecule has 0 aliphatic carbocycles. The molecule has 3 aromatic rings. The van der Waals surface area contributed by atoms with Crippen molar-refractivity contribution in [2.75, 3.05) is 6.61 Å². The second kappa shape index (κ2) is 4.96. The minimum Gasteiger partial charge on any atom is -0.372 e. The van der Waals surface area contributed by atoms with E-state index in [1.165, 1.54) is 0 Å². The van der Waals surface area contributed by atoms with Gasteiger partial charge < -0.3 is 9.72 Å². The molecule has 1 aromatic carbocycles. The summed E-state index contributed by atoms with van der Waals surface area (Å²) in [5.41, 5.74) is 2.29. The van der Waals surface area contributed by atoms with Crippen LogP contribution in [0, 0.1) is 0 Å². The average molecular weight is 348 g/mol. The third kappa shape index (κ3) is 2.18. The summed E-state index contributed by atoms with van der Waals surface area (Å²) in [6, 6.07) is 7.49. The molecule has 108 valence electrons. The first-order chi connectivity index (χ1) is 10.2. The van der Waals surface area contributed by atoms with Crippen molar-refractivity contribution in [3.63, 3.8) is 0 Å². The molecule has 0 bridgehead atoms. The van der Waals surface area contributed by atoms with E-state index in [-0.39, 0.29) is 11.7 Å². The summed E-state index contributed by atoms with van der Waals surface area (Å²) >= 11 is 3.45. The van der Waals surface area contributed by atoms with E-state index in [2.05, 4.69) is 26.0 Å². The number of hydrogen-bond acceptors (Lipinski definition) is 3. The smallest absolute Gasteiger partial charge is 0.259 e. The highest BCUT2D eigenvalue weighted by Gasteiger charge is 2.20. The maximum absolute atomic E-state index is 12.1. The zero-order valence-corrected chi connectivity index (χ0v) is 12.9. The van der Waals surface area contributed by atoms with Gasteiger partial charge in [0.2, 0.25) is 0 Å². The molecule has 21 heavy (non-hydrogen) atoms. The number of aromatic amines is 1. The Morgan fingerprint density at radius 2 is 2.24 bits per heavy atom. The number of benzene rings is 1. The summed E-state index contributed by atoms with van der Waals surface area (Å²) < 4.78 is 8.49. The molecule has 1 atom stereocenters. The van der Waals surface area contributed by atoms with Crippen LogP contribution < -0.4 is 5.56 Å². The number of nitrogens with one attached hydrogen (secondary N) is 1. The zero-order chi connectivity index (χ0) is 14.4. The lowest BCUT2D eigenvalue weighted by Crippen LogP contribution is -2.12. The lowest BCUT2D eigenvalue weighted by Gasteiger charge is -2.20. The molecule has 5 nitrogen and oxygen atoms in total. The summed E-state index contributed by atoms with van der Waals surface area (Å²) in [5.74, 6) is 0. The van der Waals surface area contributed by atoms with Gasteiger partial charge in [-0.15, -0.1) is 0 Å². The minimum atomic E-state index is -0.0963. The Labute approximate surface area is 129 Å². The summed E-state index contributed by atoms with van der Waals surface area (Å²) in [6.07, 6.45) is 3.28. The topological polar surface area (TPSA) is 59.4 Å². The normalized spacial score (nSPS) is 19.4. The van der Waals surface area contributed by atoms with E-state index >= 15 is 0 Å². The first-order valence-electron chi connectivity index (χ1n) is 7.05. The Morgan fingerprint density at radius 3 is 3.05 bits per heavy atom. The zero-order valence-electron chi connectivity index (χ0n) is 11.3. The predicted molar refractivity (Wildman–Crippen MR) is 83.6 cm³/mol. The summed E-state index contributed by atoms with van der Waals surface area (Å²) in [7, 11) is 0. The SMILES string of the molecule is O=c1[nH]c2cc(C3CCCCO3)nn2c2cc(Br)ccc12. The van der Waals surface area contributed by atoms with Crippen LogP contribution in [0.3, 0.4) is 0 Å². The van der Waals surface area contributed by atoms with E-state index in [9.17, 15) is 4.79 Å². The van der Waals surface area contributed by atoms with Crippen molar-refractivity contribution in [3.8, 4) is 0 Å². The van der Waals surface area contributed by atoms with Gasteiger partial charge in [0.1, 0.15) is 11.8 Å². The van der Waals surface area contributed by atoms with Crippen LogP contribution in [-0.4, -0.2) is 21.2 Å². The van der Waals surface area contributed by atoms with E-state index in [0.29, 0.717) is 11.0 Å². The van der Waals surface area contributed by atoms with Gasteiger partial charge in [0.05, 0.1) is 16.6 Å². The number of ether oxygens (including phenoxy) is 1. The van der Waals surface area contributed by atoms with Crippen molar-refractivity contribution in [2.24, 2.45) is 0 Å². The monoisotopic (exact) mass is 347 g/mol. The van der Waals surface area contributed by atoms with Gasteiger partial charge in [0.15, 0.2) is 0 Å². The molecule has 1 aliphatic rings. The molecule has 1 saturated heterocycles. The highest BCUT2D eigenvalue weighted by atomic mass is 79.9. The molecular weight excluding hydrogens is 334 g/mol. The van der Waals surface area contributed by atoms with Crippen molar-refractivity contribution in [1.82, 2.24) is 14.6 Å². The fourth-order valence-electron chi connectivity index (χ4n) is 2.86. The lowest BCUT2D eigenvalue weighted by atomic mass is 10.1. The van der Waals surface area contributed by atoms with E-state index in [4.69, 9.17) is 4.74 Å². The Balaban J connectivity index is 1.96. The third-order valence-electron chi connectivity index (χ3n) is 3.91. The Kier molecular flexibility index (Phi) is 3.08. The molecule has 0 spiro atoms. The van der Waals surface area contributed by atoms with Crippen LogP contribution >= 0.6 is 15.9 Å². The number of nitrogens with zero attached hydrogens (tertiary/aromatic N) is 2. The van der Waals surface area contributed by atoms with Crippen molar-refractivity contribution in [2.45, 2.75) is 25.4 Å². The van der Waals surface area contributed by atoms with Crippen LogP contribution in [0.25, 0.3) is 16.6 Å². The molecule has 2 aromatic heterocycles. The first-order valence-corrected chi connectivity index (χ1v) is 7.84. The van der Waals surface area contributed by atoms with Crippen LogP contribution in [0.1, 0.15) is 31.1 Å². The second-order valence-corrected chi connectivity index (χ2v) is 6.25. The molecule has 4 rings (SSSR count). The number of H-pyrrole nitrogens is 1. The van der Waals surface area contributed by atoms with Gasteiger partial charge in [0, 0.05) is 17.1 Å². The molecular formula is C15H14BrN3O2. The van der Waals surface area contributed by atoms with Crippen LogP contribution in [-0.2, 0) is 4.74 Å². The van der Waals surface area contributed by atoms with E-state index < -0.39 is 0 Å². The standard InChI is InChI=1S/C15H14BrN3O2/c16-9-4-5-10-12(7-9)19-14(17-15(10)20)8-11(18-19)13-3-1-2-6-21-13/h4-5,7-8,13H,1-3,6H2,(H,17,20). The second-order valence-electron chi connectivity index (χ2n) is 5.34. The van der Waals surface area contributed by atoms with Gasteiger partial charge in [-0.05, 0) is 37.5 Å². The molecule has 6 heteroatoms. The van der Waals surface area contributed by atoms with Crippen LogP contribution in [0.15, 0.2) is 33.5 Å². The highest BCUT2D eigenvalue weighted by molar-refractivity contribution is 9.10. The number of hydrogen-bond donors (Lipinski definition) is 1. The molecule has 1 fully saturated rings. The number of fused-ring (bicyclic) bond motifs is 3. The fraction of sp³-hybridized carbons (Fsp3) is 0.333. The van der Waals surface area contributed by atoms with Crippen molar-refractivity contribution in [3.05, 3.63) is 44.8 Å². The number of aromatic nitrogens is 3. The van der Waals surface area contributed by atoms with Crippen molar-refractivity contribution in [1.29, 1.82) is 0 Å². The number of rotatable bonds is 1. The third-order valence-corrected chi connectivity index (χ3v) is 4.41. The van der Waals surface area contributed by atoms with Gasteiger partial charge in [-0.3, -0.25) is 4.79 Å². The summed E-state index contributed by atoms with van der Waals surface area (Å²) in [4.78, 5) is 15.0. The molecule has 1 N–H and O–H groups in total. The molecule has 0 saturated carbocycles. The predicted octanol–water partition coefficient (Wildman–Crippen LogP) is 3.18. The molecule has 1 unspecified atom stereocenters. The summed E-state index contributed by atoms with van der Waals surface area (Å²) in [5, 5.41) is 5.28. The lowest BCUT2D eigenvalue weighted by molar-refractivity contribution is 0.0122. The maximum atomic E-state index is 12.1. The molecule has 3 heterocycles. The highest BCUT2D eigenvalue weighted by Crippen LogP contribution is 2.28. The quantitative estimate of drug-likeness (QED) is 0.735. The Bertz CT molecular complexity index is 878. The molecule has 0 radical (unpaired) electrons. The first kappa shape index (κ1) is 13.0. The largest absolute Gasteiger partial charge is 0.372 e. The van der Waals surface area contributed by atoms with E-state index in [1.807, 2.05) is 18.2 Å². The van der Waals surface area contributed by atoms with Crippen LogP contribution in [0.2, 0.25) is 0 Å². The fourth-order valence-corrected chi connectivity index (χ4v) is 3.21. The molecule has 1 aliphatic heterocycles. The van der Waals surface area contributed by atoms with Crippen molar-refractivity contribution < 1.29 is 4.74 Å². The van der Waals surface area contributed by atoms with Gasteiger partial charge in [-0.2, -0.15) is 5.10 Å². The van der Waals surface area contributed by atoms with Crippen molar-refractivity contribution >= 4 is 32.5 Å². The Hall–Kier alpha value is -1.66. The van der Waals surface area contributed by atoms with Gasteiger partial charge in [-0.1, -0.05) is 15.9 Å². The van der Waals surface area contributed by atoms with Crippen LogP contribution in [0.5, 0.6) is 0 Å². The Morgan fingerprint density at radius 1 is 1.33 bits per heavy atom. The molecule has 0 amide bonds. The maximum Gasteiger partial charge on any atom is 0.259 e. The van der Waals surface area contributed by atoms with E-state index in [1.54, 1.807) is 10.6 Å². The summed E-state index contributed by atoms with van der Waals surface area (Å²) in [6.45, 7) is 0.779. The minimum absolute atomic E-state index is 0.0318. The van der Waals surface area contributed by atoms with Gasteiger partial charge >= 0.3 is 0 Å². The van der Waals surface area contributed by atoms with Gasteiger partial charge in [-0.25, -0.2) is 4.52 Å². The average Bonchev–Trinajstić information content (AvgIpc) is 2.92. The van der Waals surface area contributed by atoms with E-state index in [0.717, 1.165) is 41.6 Å².